The van der Waals surface area contributed by atoms with Gasteiger partial charge in [0.15, 0.2) is 0 Å². The van der Waals surface area contributed by atoms with Crippen molar-refractivity contribution < 1.29 is 4.42 Å². The number of nitrogens with two attached hydrogens (primary N) is 1. The lowest BCUT2D eigenvalue weighted by Crippen LogP contribution is -2.15. The van der Waals surface area contributed by atoms with Gasteiger partial charge in [-0.25, -0.2) is 4.98 Å². The molecule has 0 aliphatic carbocycles. The SMILES string of the molecule is Cc1cc(-c2cnc(CCC(C)N)[nH]2)c(C)o1. The predicted octanol–water partition coefficient (Wildman–Crippen LogP) is 2.57. The molecule has 0 fully saturated rings. The quantitative estimate of drug-likeness (QED) is 0.852. The van der Waals surface area contributed by atoms with Crippen molar-refractivity contribution in [3.63, 3.8) is 0 Å². The largest absolute Gasteiger partial charge is 0.466 e. The molecule has 2 aromatic rings. The van der Waals surface area contributed by atoms with Gasteiger partial charge in [0, 0.05) is 18.0 Å². The fraction of sp³-hybridized carbons (Fsp3) is 0.462. The van der Waals surface area contributed by atoms with Crippen LogP contribution in [0.15, 0.2) is 16.7 Å². The molecule has 2 aromatic heterocycles. The molecule has 3 N–H and O–H groups in total. The van der Waals surface area contributed by atoms with E-state index in [0.29, 0.717) is 0 Å². The van der Waals surface area contributed by atoms with E-state index in [2.05, 4.69) is 9.97 Å². The van der Waals surface area contributed by atoms with Crippen molar-refractivity contribution in [1.82, 2.24) is 9.97 Å². The number of nitrogens with zero attached hydrogens (tertiary/aromatic N) is 1. The Morgan fingerprint density at radius 2 is 2.24 bits per heavy atom. The number of rotatable bonds is 4. The number of aryl methyl sites for hydroxylation is 3. The molecule has 0 amide bonds. The monoisotopic (exact) mass is 233 g/mol. The van der Waals surface area contributed by atoms with E-state index in [0.717, 1.165) is 41.4 Å². The first-order chi connectivity index (χ1) is 8.06. The van der Waals surface area contributed by atoms with Gasteiger partial charge >= 0.3 is 0 Å². The fourth-order valence-electron chi connectivity index (χ4n) is 1.89. The van der Waals surface area contributed by atoms with Gasteiger partial charge in [0.25, 0.3) is 0 Å². The van der Waals surface area contributed by atoms with Crippen molar-refractivity contribution in [2.24, 2.45) is 5.73 Å². The molecule has 4 heteroatoms. The summed E-state index contributed by atoms with van der Waals surface area (Å²) in [5.41, 5.74) is 7.83. The van der Waals surface area contributed by atoms with Crippen LogP contribution in [0.4, 0.5) is 0 Å². The maximum atomic E-state index is 5.73. The van der Waals surface area contributed by atoms with E-state index >= 15 is 0 Å². The van der Waals surface area contributed by atoms with Crippen LogP contribution in [0, 0.1) is 13.8 Å². The Morgan fingerprint density at radius 3 is 2.82 bits per heavy atom. The van der Waals surface area contributed by atoms with Gasteiger partial charge in [-0.05, 0) is 33.3 Å². The van der Waals surface area contributed by atoms with Crippen LogP contribution in [0.1, 0.15) is 30.7 Å². The van der Waals surface area contributed by atoms with E-state index in [1.165, 1.54) is 0 Å². The lowest BCUT2D eigenvalue weighted by atomic mass is 10.2. The van der Waals surface area contributed by atoms with Crippen LogP contribution in [0.2, 0.25) is 0 Å². The van der Waals surface area contributed by atoms with Crippen molar-refractivity contribution in [3.8, 4) is 11.3 Å². The number of hydrogen-bond donors (Lipinski definition) is 2. The fourth-order valence-corrected chi connectivity index (χ4v) is 1.89. The molecular weight excluding hydrogens is 214 g/mol. The van der Waals surface area contributed by atoms with Gasteiger partial charge in [-0.2, -0.15) is 0 Å². The molecule has 0 bridgehead atoms. The Bertz CT molecular complexity index is 496. The minimum absolute atomic E-state index is 0.210. The van der Waals surface area contributed by atoms with E-state index in [-0.39, 0.29) is 6.04 Å². The molecule has 0 aliphatic rings. The molecule has 0 saturated carbocycles. The third-order valence-corrected chi connectivity index (χ3v) is 2.80. The van der Waals surface area contributed by atoms with E-state index < -0.39 is 0 Å². The summed E-state index contributed by atoms with van der Waals surface area (Å²) in [4.78, 5) is 7.67. The summed E-state index contributed by atoms with van der Waals surface area (Å²) in [5.74, 6) is 2.82. The molecule has 0 aliphatic heterocycles. The first kappa shape index (κ1) is 11.9. The second-order valence-electron chi connectivity index (χ2n) is 4.59. The Labute approximate surface area is 101 Å². The van der Waals surface area contributed by atoms with Crippen LogP contribution in [0.3, 0.4) is 0 Å². The van der Waals surface area contributed by atoms with E-state index in [1.807, 2.05) is 33.0 Å². The van der Waals surface area contributed by atoms with Crippen molar-refractivity contribution >= 4 is 0 Å². The van der Waals surface area contributed by atoms with Crippen molar-refractivity contribution in [2.45, 2.75) is 39.7 Å². The third-order valence-electron chi connectivity index (χ3n) is 2.80. The second kappa shape index (κ2) is 4.75. The number of imidazole rings is 1. The molecular formula is C13H19N3O. The van der Waals surface area contributed by atoms with Gasteiger partial charge < -0.3 is 15.1 Å². The Balaban J connectivity index is 2.15. The lowest BCUT2D eigenvalue weighted by molar-refractivity contribution is 0.505. The predicted molar refractivity (Wildman–Crippen MR) is 67.7 cm³/mol. The molecule has 17 heavy (non-hydrogen) atoms. The highest BCUT2D eigenvalue weighted by molar-refractivity contribution is 5.61. The summed E-state index contributed by atoms with van der Waals surface area (Å²) in [7, 11) is 0. The van der Waals surface area contributed by atoms with E-state index in [1.54, 1.807) is 0 Å². The maximum Gasteiger partial charge on any atom is 0.110 e. The molecule has 0 radical (unpaired) electrons. The Kier molecular flexibility index (Phi) is 3.33. The maximum absolute atomic E-state index is 5.73. The highest BCUT2D eigenvalue weighted by Crippen LogP contribution is 2.25. The first-order valence-corrected chi connectivity index (χ1v) is 5.93. The van der Waals surface area contributed by atoms with Crippen LogP contribution >= 0.6 is 0 Å². The van der Waals surface area contributed by atoms with Gasteiger partial charge in [-0.3, -0.25) is 0 Å². The van der Waals surface area contributed by atoms with Gasteiger partial charge in [0.2, 0.25) is 0 Å². The normalized spacial score (nSPS) is 12.9. The Morgan fingerprint density at radius 1 is 1.47 bits per heavy atom. The Hall–Kier alpha value is -1.55. The summed E-state index contributed by atoms with van der Waals surface area (Å²) in [6, 6.07) is 2.24. The summed E-state index contributed by atoms with van der Waals surface area (Å²) in [6.45, 7) is 5.92. The molecule has 2 rings (SSSR count). The second-order valence-corrected chi connectivity index (χ2v) is 4.59. The molecule has 0 spiro atoms. The lowest BCUT2D eigenvalue weighted by Gasteiger charge is -2.01. The van der Waals surface area contributed by atoms with Gasteiger partial charge in [0.05, 0.1) is 11.9 Å². The number of furan rings is 1. The summed E-state index contributed by atoms with van der Waals surface area (Å²) >= 11 is 0. The van der Waals surface area contributed by atoms with Crippen molar-refractivity contribution in [3.05, 3.63) is 29.6 Å². The molecule has 0 aromatic carbocycles. The minimum atomic E-state index is 0.210. The average Bonchev–Trinajstić information content (AvgIpc) is 2.82. The number of hydrogen-bond acceptors (Lipinski definition) is 3. The molecule has 0 saturated heterocycles. The standard InChI is InChI=1S/C13H19N3O/c1-8(14)4-5-13-15-7-12(16-13)11-6-9(2)17-10(11)3/h6-8H,4-5,14H2,1-3H3,(H,15,16). The van der Waals surface area contributed by atoms with E-state index in [9.17, 15) is 0 Å². The van der Waals surface area contributed by atoms with E-state index in [4.69, 9.17) is 10.2 Å². The van der Waals surface area contributed by atoms with Gasteiger partial charge in [-0.15, -0.1) is 0 Å². The van der Waals surface area contributed by atoms with Crippen LogP contribution in [0.5, 0.6) is 0 Å². The third kappa shape index (κ3) is 2.77. The number of aromatic amines is 1. The molecule has 1 atom stereocenters. The summed E-state index contributed by atoms with van der Waals surface area (Å²) in [5, 5.41) is 0. The number of aromatic nitrogens is 2. The van der Waals surface area contributed by atoms with Crippen LogP contribution in [-0.2, 0) is 6.42 Å². The molecule has 4 nitrogen and oxygen atoms in total. The summed E-state index contributed by atoms with van der Waals surface area (Å²) < 4.78 is 5.51. The number of nitrogens with one attached hydrogen (secondary N) is 1. The highest BCUT2D eigenvalue weighted by Gasteiger charge is 2.10. The average molecular weight is 233 g/mol. The molecule has 2 heterocycles. The van der Waals surface area contributed by atoms with Crippen LogP contribution in [-0.4, -0.2) is 16.0 Å². The smallest absolute Gasteiger partial charge is 0.110 e. The highest BCUT2D eigenvalue weighted by atomic mass is 16.3. The van der Waals surface area contributed by atoms with Crippen LogP contribution in [0.25, 0.3) is 11.3 Å². The molecule has 1 unspecified atom stereocenters. The van der Waals surface area contributed by atoms with Crippen molar-refractivity contribution in [2.75, 3.05) is 0 Å². The van der Waals surface area contributed by atoms with Crippen LogP contribution < -0.4 is 5.73 Å². The van der Waals surface area contributed by atoms with Crippen molar-refractivity contribution in [1.29, 1.82) is 0 Å². The topological polar surface area (TPSA) is 67.8 Å². The summed E-state index contributed by atoms with van der Waals surface area (Å²) in [6.07, 6.45) is 3.68. The minimum Gasteiger partial charge on any atom is -0.466 e. The van der Waals surface area contributed by atoms with Gasteiger partial charge in [0.1, 0.15) is 17.3 Å². The zero-order valence-corrected chi connectivity index (χ0v) is 10.6. The first-order valence-electron chi connectivity index (χ1n) is 5.93. The number of H-pyrrole nitrogens is 1. The zero-order chi connectivity index (χ0) is 12.4. The molecule has 92 valence electrons. The van der Waals surface area contributed by atoms with Gasteiger partial charge in [-0.1, -0.05) is 0 Å². The zero-order valence-electron chi connectivity index (χ0n) is 10.6.